The lowest BCUT2D eigenvalue weighted by molar-refractivity contribution is -0.148. The fourth-order valence-electron chi connectivity index (χ4n) is 3.87. The number of amides is 1. The van der Waals surface area contributed by atoms with E-state index in [1.165, 1.54) is 24.6 Å². The zero-order valence-corrected chi connectivity index (χ0v) is 13.5. The Kier molecular flexibility index (Phi) is 4.34. The molecule has 8 heteroatoms. The van der Waals surface area contributed by atoms with E-state index in [1.54, 1.807) is 0 Å². The predicted octanol–water partition coefficient (Wildman–Crippen LogP) is 1.54. The van der Waals surface area contributed by atoms with Crippen LogP contribution in [0.3, 0.4) is 0 Å². The highest BCUT2D eigenvalue weighted by molar-refractivity contribution is 7.15. The summed E-state index contributed by atoms with van der Waals surface area (Å²) in [5, 5.41) is 12.5. The van der Waals surface area contributed by atoms with Gasteiger partial charge in [0.15, 0.2) is 5.13 Å². The molecule has 0 aliphatic heterocycles. The van der Waals surface area contributed by atoms with Crippen molar-refractivity contribution in [2.75, 3.05) is 12.4 Å². The molecule has 0 aromatic carbocycles. The number of thiazole rings is 1. The number of aromatic nitrogens is 1. The quantitative estimate of drug-likeness (QED) is 0.789. The monoisotopic (exact) mass is 338 g/mol. The third-order valence-electron chi connectivity index (χ3n) is 4.83. The first-order valence-electron chi connectivity index (χ1n) is 7.54. The number of carboxylic acid groups (broad SMARTS) is 1. The minimum atomic E-state index is -0.886. The van der Waals surface area contributed by atoms with Crippen LogP contribution in [0.2, 0.25) is 0 Å². The van der Waals surface area contributed by atoms with E-state index in [-0.39, 0.29) is 30.1 Å². The van der Waals surface area contributed by atoms with Crippen molar-refractivity contribution in [2.24, 2.45) is 23.7 Å². The number of aliphatic carboxylic acids is 1. The maximum atomic E-state index is 12.5. The molecule has 124 valence electrons. The number of carbonyl (C=O) groups is 3. The van der Waals surface area contributed by atoms with Gasteiger partial charge in [0.1, 0.15) is 0 Å². The van der Waals surface area contributed by atoms with E-state index in [0.29, 0.717) is 10.0 Å². The van der Waals surface area contributed by atoms with E-state index in [2.05, 4.69) is 15.0 Å². The van der Waals surface area contributed by atoms with E-state index < -0.39 is 17.8 Å². The Morgan fingerprint density at radius 3 is 2.70 bits per heavy atom. The van der Waals surface area contributed by atoms with Gasteiger partial charge in [0.2, 0.25) is 5.91 Å². The molecule has 3 rings (SSSR count). The van der Waals surface area contributed by atoms with Crippen molar-refractivity contribution in [2.45, 2.75) is 25.7 Å². The second kappa shape index (κ2) is 6.27. The lowest BCUT2D eigenvalue weighted by Crippen LogP contribution is -2.37. The number of anilines is 1. The number of carbonyl (C=O) groups excluding carboxylic acids is 2. The number of ether oxygens (including phenoxy) is 1. The van der Waals surface area contributed by atoms with Gasteiger partial charge in [-0.3, -0.25) is 14.4 Å². The molecule has 2 saturated carbocycles. The zero-order chi connectivity index (χ0) is 16.6. The molecular weight excluding hydrogens is 320 g/mol. The van der Waals surface area contributed by atoms with Crippen molar-refractivity contribution in [3.63, 3.8) is 0 Å². The van der Waals surface area contributed by atoms with E-state index in [1.807, 2.05) is 0 Å². The Morgan fingerprint density at radius 2 is 2.04 bits per heavy atom. The van der Waals surface area contributed by atoms with Gasteiger partial charge in [0, 0.05) is 11.1 Å². The Morgan fingerprint density at radius 1 is 1.35 bits per heavy atom. The SMILES string of the molecule is COC(=O)Cc1cnc(NC(=O)[C@@H]2[C@H]3CC[C@@H](C3)[C@H]2C(=O)O)s1. The molecule has 0 unspecified atom stereocenters. The normalized spacial score (nSPS) is 28.6. The van der Waals surface area contributed by atoms with Crippen LogP contribution >= 0.6 is 11.3 Å². The minimum absolute atomic E-state index is 0.107. The largest absolute Gasteiger partial charge is 0.481 e. The molecule has 1 amide bonds. The van der Waals surface area contributed by atoms with Gasteiger partial charge in [-0.1, -0.05) is 0 Å². The molecule has 7 nitrogen and oxygen atoms in total. The summed E-state index contributed by atoms with van der Waals surface area (Å²) >= 11 is 1.20. The van der Waals surface area contributed by atoms with Gasteiger partial charge < -0.3 is 15.2 Å². The first kappa shape index (κ1) is 15.9. The Bertz CT molecular complexity index is 644. The molecular formula is C15H18N2O5S. The van der Waals surface area contributed by atoms with Gasteiger partial charge in [-0.2, -0.15) is 0 Å². The standard InChI is InChI=1S/C15H18N2O5S/c1-22-10(18)5-9-6-16-15(23-9)17-13(19)11-7-2-3-8(4-7)12(11)14(20)21/h6-8,11-12H,2-5H2,1H3,(H,20,21)(H,16,17,19)/t7-,8-,11+,12+/m0/s1. The lowest BCUT2D eigenvalue weighted by Gasteiger charge is -2.26. The Balaban J connectivity index is 1.67. The molecule has 2 N–H and O–H groups in total. The number of fused-ring (bicyclic) bond motifs is 2. The number of methoxy groups -OCH3 is 1. The third kappa shape index (κ3) is 3.08. The summed E-state index contributed by atoms with van der Waals surface area (Å²) < 4.78 is 4.59. The summed E-state index contributed by atoms with van der Waals surface area (Å²) in [6, 6.07) is 0. The van der Waals surface area contributed by atoms with Gasteiger partial charge in [0.25, 0.3) is 0 Å². The molecule has 0 spiro atoms. The molecule has 0 saturated heterocycles. The van der Waals surface area contributed by atoms with Crippen LogP contribution < -0.4 is 5.32 Å². The van der Waals surface area contributed by atoms with E-state index >= 15 is 0 Å². The summed E-state index contributed by atoms with van der Waals surface area (Å²) in [6.07, 6.45) is 4.26. The van der Waals surface area contributed by atoms with Crippen LogP contribution in [0.1, 0.15) is 24.1 Å². The highest BCUT2D eigenvalue weighted by Gasteiger charge is 2.54. The maximum Gasteiger partial charge on any atom is 0.310 e. The Hall–Kier alpha value is -1.96. The average Bonchev–Trinajstić information content (AvgIpc) is 3.22. The fraction of sp³-hybridized carbons (Fsp3) is 0.600. The molecule has 2 bridgehead atoms. The number of rotatable bonds is 5. The molecule has 23 heavy (non-hydrogen) atoms. The van der Waals surface area contributed by atoms with Gasteiger partial charge in [-0.15, -0.1) is 11.3 Å². The topological polar surface area (TPSA) is 106 Å². The zero-order valence-electron chi connectivity index (χ0n) is 12.7. The van der Waals surface area contributed by atoms with Crippen LogP contribution in [0.4, 0.5) is 5.13 Å². The molecule has 0 radical (unpaired) electrons. The molecule has 2 fully saturated rings. The van der Waals surface area contributed by atoms with Crippen molar-refractivity contribution in [3.05, 3.63) is 11.1 Å². The maximum absolute atomic E-state index is 12.5. The number of nitrogens with zero attached hydrogens (tertiary/aromatic N) is 1. The van der Waals surface area contributed by atoms with Crippen molar-refractivity contribution in [1.29, 1.82) is 0 Å². The third-order valence-corrected chi connectivity index (χ3v) is 5.75. The van der Waals surface area contributed by atoms with Crippen LogP contribution in [-0.4, -0.2) is 35.0 Å². The Labute approximate surface area is 137 Å². The lowest BCUT2D eigenvalue weighted by atomic mass is 9.79. The van der Waals surface area contributed by atoms with Crippen LogP contribution in [0.25, 0.3) is 0 Å². The number of nitrogens with one attached hydrogen (secondary N) is 1. The average molecular weight is 338 g/mol. The summed E-state index contributed by atoms with van der Waals surface area (Å²) in [5.74, 6) is -2.35. The van der Waals surface area contributed by atoms with Gasteiger partial charge >= 0.3 is 11.9 Å². The van der Waals surface area contributed by atoms with Crippen LogP contribution in [0, 0.1) is 23.7 Å². The summed E-state index contributed by atoms with van der Waals surface area (Å²) in [6.45, 7) is 0. The van der Waals surface area contributed by atoms with Crippen molar-refractivity contribution < 1.29 is 24.2 Å². The summed E-state index contributed by atoms with van der Waals surface area (Å²) in [7, 11) is 1.31. The van der Waals surface area contributed by atoms with E-state index in [9.17, 15) is 19.5 Å². The number of carboxylic acids is 1. The number of hydrogen-bond donors (Lipinski definition) is 2. The number of esters is 1. The fourth-order valence-corrected chi connectivity index (χ4v) is 4.67. The van der Waals surface area contributed by atoms with Crippen LogP contribution in [0.15, 0.2) is 6.20 Å². The van der Waals surface area contributed by atoms with E-state index in [0.717, 1.165) is 19.3 Å². The summed E-state index contributed by atoms with van der Waals surface area (Å²) in [4.78, 5) is 40.0. The summed E-state index contributed by atoms with van der Waals surface area (Å²) in [5.41, 5.74) is 0. The smallest absolute Gasteiger partial charge is 0.310 e. The highest BCUT2D eigenvalue weighted by Crippen LogP contribution is 2.52. The second-order valence-electron chi connectivity index (χ2n) is 6.10. The first-order chi connectivity index (χ1) is 11.0. The molecule has 2 aliphatic rings. The van der Waals surface area contributed by atoms with E-state index in [4.69, 9.17) is 0 Å². The molecule has 1 aromatic rings. The molecule has 4 atom stereocenters. The van der Waals surface area contributed by atoms with Crippen LogP contribution in [0.5, 0.6) is 0 Å². The van der Waals surface area contributed by atoms with Crippen LogP contribution in [-0.2, 0) is 25.5 Å². The van der Waals surface area contributed by atoms with Crippen molar-refractivity contribution in [3.8, 4) is 0 Å². The van der Waals surface area contributed by atoms with Crippen molar-refractivity contribution in [1.82, 2.24) is 4.98 Å². The minimum Gasteiger partial charge on any atom is -0.481 e. The molecule has 1 heterocycles. The molecule has 1 aromatic heterocycles. The van der Waals surface area contributed by atoms with Crippen molar-refractivity contribution >= 4 is 34.3 Å². The molecule has 2 aliphatic carbocycles. The second-order valence-corrected chi connectivity index (χ2v) is 7.21. The highest BCUT2D eigenvalue weighted by atomic mass is 32.1. The first-order valence-corrected chi connectivity index (χ1v) is 8.36. The van der Waals surface area contributed by atoms with Gasteiger partial charge in [0.05, 0.1) is 25.4 Å². The van der Waals surface area contributed by atoms with Gasteiger partial charge in [-0.25, -0.2) is 4.98 Å². The van der Waals surface area contributed by atoms with Gasteiger partial charge in [-0.05, 0) is 31.1 Å². The number of hydrogen-bond acceptors (Lipinski definition) is 6. The predicted molar refractivity (Wildman–Crippen MR) is 81.9 cm³/mol.